The lowest BCUT2D eigenvalue weighted by molar-refractivity contribution is 0.0775. The van der Waals surface area contributed by atoms with E-state index in [1.807, 2.05) is 26.0 Å². The van der Waals surface area contributed by atoms with E-state index >= 15 is 0 Å². The summed E-state index contributed by atoms with van der Waals surface area (Å²) in [6.45, 7) is 4.50. The first kappa shape index (κ1) is 18.2. The number of benzene rings is 1. The van der Waals surface area contributed by atoms with Gasteiger partial charge in [-0.15, -0.1) is 0 Å². The molecule has 1 amide bonds. The quantitative estimate of drug-likeness (QED) is 0.895. The van der Waals surface area contributed by atoms with E-state index < -0.39 is 10.0 Å². The molecular formula is C17H23N3O3S. The van der Waals surface area contributed by atoms with Crippen LogP contribution in [0.4, 0.5) is 0 Å². The Hall–Kier alpha value is -2.12. The number of rotatable bonds is 5. The van der Waals surface area contributed by atoms with Crippen LogP contribution < -0.4 is 4.72 Å². The third-order valence-electron chi connectivity index (χ3n) is 4.03. The van der Waals surface area contributed by atoms with E-state index in [0.717, 1.165) is 11.1 Å². The average Bonchev–Trinajstić information content (AvgIpc) is 2.92. The van der Waals surface area contributed by atoms with E-state index in [9.17, 15) is 13.2 Å². The number of aryl methyl sites for hydroxylation is 3. The van der Waals surface area contributed by atoms with Gasteiger partial charge < -0.3 is 9.47 Å². The van der Waals surface area contributed by atoms with Crippen LogP contribution in [0, 0.1) is 13.8 Å². The number of hydrogen-bond donors (Lipinski definition) is 1. The Kier molecular flexibility index (Phi) is 5.15. The van der Waals surface area contributed by atoms with Gasteiger partial charge in [-0.1, -0.05) is 23.8 Å². The molecular weight excluding hydrogens is 326 g/mol. The van der Waals surface area contributed by atoms with Crippen LogP contribution in [0.1, 0.15) is 27.2 Å². The maximum absolute atomic E-state index is 12.7. The van der Waals surface area contributed by atoms with Crippen molar-refractivity contribution in [2.75, 3.05) is 14.1 Å². The van der Waals surface area contributed by atoms with Crippen molar-refractivity contribution in [3.8, 4) is 0 Å². The molecule has 0 fully saturated rings. The van der Waals surface area contributed by atoms with Crippen LogP contribution in [0.5, 0.6) is 0 Å². The van der Waals surface area contributed by atoms with E-state index in [2.05, 4.69) is 10.8 Å². The zero-order valence-electron chi connectivity index (χ0n) is 14.6. The van der Waals surface area contributed by atoms with Gasteiger partial charge in [-0.3, -0.25) is 4.79 Å². The lowest BCUT2D eigenvalue weighted by Crippen LogP contribution is -2.28. The third kappa shape index (κ3) is 3.68. The number of carbonyl (C=O) groups is 1. The molecule has 0 bridgehead atoms. The van der Waals surface area contributed by atoms with E-state index in [-0.39, 0.29) is 10.8 Å². The largest absolute Gasteiger partial charge is 0.345 e. The summed E-state index contributed by atoms with van der Waals surface area (Å²) in [5.41, 5.74) is 3.69. The van der Waals surface area contributed by atoms with Crippen molar-refractivity contribution in [2.24, 2.45) is 7.05 Å². The Balaban J connectivity index is 2.25. The summed E-state index contributed by atoms with van der Waals surface area (Å²) in [5.74, 6) is -0.227. The normalized spacial score (nSPS) is 11.5. The number of hydrogen-bond acceptors (Lipinski definition) is 3. The van der Waals surface area contributed by atoms with Gasteiger partial charge in [0.05, 0.1) is 0 Å². The number of aromatic nitrogens is 1. The van der Waals surface area contributed by atoms with E-state index in [1.54, 1.807) is 19.0 Å². The Bertz CT molecular complexity index is 869. The lowest BCUT2D eigenvalue weighted by Gasteiger charge is -2.19. The fourth-order valence-electron chi connectivity index (χ4n) is 2.56. The van der Waals surface area contributed by atoms with E-state index in [4.69, 9.17) is 0 Å². The Morgan fingerprint density at radius 1 is 1.25 bits per heavy atom. The van der Waals surface area contributed by atoms with Crippen molar-refractivity contribution in [2.45, 2.75) is 25.3 Å². The highest BCUT2D eigenvalue weighted by Crippen LogP contribution is 2.17. The topological polar surface area (TPSA) is 71.4 Å². The first-order chi connectivity index (χ1) is 11.2. The maximum Gasteiger partial charge on any atom is 0.270 e. The molecule has 1 N–H and O–H groups in total. The van der Waals surface area contributed by atoms with Crippen molar-refractivity contribution in [1.82, 2.24) is 14.2 Å². The summed E-state index contributed by atoms with van der Waals surface area (Å²) < 4.78 is 27.5. The summed E-state index contributed by atoms with van der Waals surface area (Å²) in [4.78, 5) is 14.3. The van der Waals surface area contributed by atoms with Crippen LogP contribution >= 0.6 is 0 Å². The van der Waals surface area contributed by atoms with Gasteiger partial charge in [0.1, 0.15) is 10.6 Å². The molecule has 2 rings (SSSR count). The molecule has 1 aromatic heterocycles. The zero-order valence-corrected chi connectivity index (χ0v) is 15.4. The van der Waals surface area contributed by atoms with Gasteiger partial charge in [0.25, 0.3) is 5.91 Å². The molecule has 0 atom stereocenters. The molecule has 24 heavy (non-hydrogen) atoms. The van der Waals surface area contributed by atoms with Crippen LogP contribution in [-0.2, 0) is 23.6 Å². The molecule has 2 aromatic rings. The molecule has 1 heterocycles. The van der Waals surface area contributed by atoms with Gasteiger partial charge in [-0.25, -0.2) is 13.1 Å². The molecule has 0 saturated heterocycles. The molecule has 7 heteroatoms. The average molecular weight is 349 g/mol. The molecule has 1 aromatic carbocycles. The molecule has 0 aliphatic carbocycles. The van der Waals surface area contributed by atoms with Crippen molar-refractivity contribution in [1.29, 1.82) is 0 Å². The van der Waals surface area contributed by atoms with Gasteiger partial charge in [0, 0.05) is 26.8 Å². The Labute approximate surface area is 143 Å². The second-order valence-corrected chi connectivity index (χ2v) is 7.86. The van der Waals surface area contributed by atoms with Crippen molar-refractivity contribution in [3.63, 3.8) is 0 Å². The standard InChI is InChI=1S/C17H23N3O3S/c1-12-6-7-14(13(2)8-12)10-20(5)17(21)16-9-15(11-19(16)4)24(22,23)18-3/h6-9,11,18H,10H2,1-5H3. The summed E-state index contributed by atoms with van der Waals surface area (Å²) in [7, 11) is 1.14. The van der Waals surface area contributed by atoms with Gasteiger partial charge in [0.15, 0.2) is 0 Å². The molecule has 0 unspecified atom stereocenters. The highest BCUT2D eigenvalue weighted by molar-refractivity contribution is 7.89. The third-order valence-corrected chi connectivity index (χ3v) is 5.41. The predicted octanol–water partition coefficient (Wildman–Crippen LogP) is 1.82. The van der Waals surface area contributed by atoms with E-state index in [1.165, 1.54) is 29.4 Å². The summed E-state index contributed by atoms with van der Waals surface area (Å²) in [5, 5.41) is 0. The minimum atomic E-state index is -3.57. The Morgan fingerprint density at radius 2 is 1.92 bits per heavy atom. The van der Waals surface area contributed by atoms with Gasteiger partial charge in [0.2, 0.25) is 10.0 Å². The maximum atomic E-state index is 12.7. The fourth-order valence-corrected chi connectivity index (χ4v) is 3.36. The molecule has 130 valence electrons. The Morgan fingerprint density at radius 3 is 2.50 bits per heavy atom. The number of amides is 1. The highest BCUT2D eigenvalue weighted by atomic mass is 32.2. The summed E-state index contributed by atoms with van der Waals surface area (Å²) in [6.07, 6.45) is 1.43. The van der Waals surface area contributed by atoms with Gasteiger partial charge in [-0.05, 0) is 38.1 Å². The van der Waals surface area contributed by atoms with Crippen LogP contribution in [0.2, 0.25) is 0 Å². The van der Waals surface area contributed by atoms with Crippen molar-refractivity contribution in [3.05, 3.63) is 52.8 Å². The van der Waals surface area contributed by atoms with Crippen LogP contribution in [-0.4, -0.2) is 37.9 Å². The molecule has 0 saturated carbocycles. The SMILES string of the molecule is CNS(=O)(=O)c1cc(C(=O)N(C)Cc2ccc(C)cc2C)n(C)c1. The second-order valence-electron chi connectivity index (χ2n) is 5.97. The second kappa shape index (κ2) is 6.78. The number of carbonyl (C=O) groups excluding carboxylic acids is 1. The van der Waals surface area contributed by atoms with Crippen LogP contribution in [0.15, 0.2) is 35.4 Å². The van der Waals surface area contributed by atoms with Crippen molar-refractivity contribution >= 4 is 15.9 Å². The molecule has 0 aliphatic heterocycles. The minimum Gasteiger partial charge on any atom is -0.345 e. The van der Waals surface area contributed by atoms with Crippen LogP contribution in [0.3, 0.4) is 0 Å². The highest BCUT2D eigenvalue weighted by Gasteiger charge is 2.21. The fraction of sp³-hybridized carbons (Fsp3) is 0.353. The number of sulfonamides is 1. The number of nitrogens with one attached hydrogen (secondary N) is 1. The van der Waals surface area contributed by atoms with Crippen molar-refractivity contribution < 1.29 is 13.2 Å². The zero-order chi connectivity index (χ0) is 18.1. The molecule has 0 aliphatic rings. The molecule has 6 nitrogen and oxygen atoms in total. The smallest absolute Gasteiger partial charge is 0.270 e. The first-order valence-corrected chi connectivity index (χ1v) is 9.05. The summed E-state index contributed by atoms with van der Waals surface area (Å²) in [6, 6.07) is 7.50. The molecule has 0 spiro atoms. The molecule has 0 radical (unpaired) electrons. The minimum absolute atomic E-state index is 0.0794. The van der Waals surface area contributed by atoms with Gasteiger partial charge in [-0.2, -0.15) is 0 Å². The van der Waals surface area contributed by atoms with E-state index in [0.29, 0.717) is 12.2 Å². The monoisotopic (exact) mass is 349 g/mol. The lowest BCUT2D eigenvalue weighted by atomic mass is 10.1. The first-order valence-electron chi connectivity index (χ1n) is 7.57. The summed E-state index contributed by atoms with van der Waals surface area (Å²) >= 11 is 0. The van der Waals surface area contributed by atoms with Gasteiger partial charge >= 0.3 is 0 Å². The predicted molar refractivity (Wildman–Crippen MR) is 93.4 cm³/mol. The van der Waals surface area contributed by atoms with Crippen LogP contribution in [0.25, 0.3) is 0 Å². The number of nitrogens with zero attached hydrogens (tertiary/aromatic N) is 2.